The first-order chi connectivity index (χ1) is 10.5. The van der Waals surface area contributed by atoms with E-state index in [1.165, 1.54) is 0 Å². The standard InChI is InChI=1S/C17H11Cl2NO2/c1-10-2-4-11(5-3-10)8-15-17(21)22-16(20-15)13-7-6-12(18)9-14(13)19/h2-9H,1H3/b15-8+. The smallest absolute Gasteiger partial charge is 0.363 e. The fourth-order valence-corrected chi connectivity index (χ4v) is 2.50. The van der Waals surface area contributed by atoms with Crippen LogP contribution < -0.4 is 0 Å². The molecule has 3 nitrogen and oxygen atoms in total. The van der Waals surface area contributed by atoms with Gasteiger partial charge in [0.25, 0.3) is 0 Å². The second-order valence-electron chi connectivity index (χ2n) is 4.87. The van der Waals surface area contributed by atoms with Crippen molar-refractivity contribution in [2.45, 2.75) is 6.92 Å². The monoisotopic (exact) mass is 331 g/mol. The quantitative estimate of drug-likeness (QED) is 0.593. The molecule has 0 unspecified atom stereocenters. The summed E-state index contributed by atoms with van der Waals surface area (Å²) in [5.41, 5.74) is 2.80. The lowest BCUT2D eigenvalue weighted by atomic mass is 10.1. The van der Waals surface area contributed by atoms with E-state index in [2.05, 4.69) is 4.99 Å². The van der Waals surface area contributed by atoms with E-state index < -0.39 is 5.97 Å². The van der Waals surface area contributed by atoms with Gasteiger partial charge in [-0.15, -0.1) is 0 Å². The van der Waals surface area contributed by atoms with Crippen LogP contribution in [0.15, 0.2) is 53.2 Å². The first-order valence-electron chi connectivity index (χ1n) is 6.57. The number of aryl methyl sites for hydroxylation is 1. The Kier molecular flexibility index (Phi) is 4.01. The Hall–Kier alpha value is -2.10. The minimum Gasteiger partial charge on any atom is -0.402 e. The van der Waals surface area contributed by atoms with Crippen LogP contribution in [-0.2, 0) is 9.53 Å². The number of halogens is 2. The fourth-order valence-electron chi connectivity index (χ4n) is 2.01. The zero-order valence-corrected chi connectivity index (χ0v) is 13.2. The Morgan fingerprint density at radius 3 is 2.50 bits per heavy atom. The van der Waals surface area contributed by atoms with Gasteiger partial charge in [-0.25, -0.2) is 9.79 Å². The lowest BCUT2D eigenvalue weighted by molar-refractivity contribution is -0.129. The lowest BCUT2D eigenvalue weighted by Gasteiger charge is -2.02. The number of hydrogen-bond donors (Lipinski definition) is 0. The molecule has 0 fully saturated rings. The third-order valence-electron chi connectivity index (χ3n) is 3.16. The molecule has 0 aromatic heterocycles. The summed E-state index contributed by atoms with van der Waals surface area (Å²) in [7, 11) is 0. The van der Waals surface area contributed by atoms with Crippen LogP contribution in [-0.4, -0.2) is 11.9 Å². The Labute approximate surface area is 137 Å². The molecule has 0 bridgehead atoms. The van der Waals surface area contributed by atoms with Gasteiger partial charge in [-0.1, -0.05) is 53.0 Å². The van der Waals surface area contributed by atoms with Crippen molar-refractivity contribution in [1.82, 2.24) is 0 Å². The second kappa shape index (κ2) is 5.95. The predicted octanol–water partition coefficient (Wildman–Crippen LogP) is 4.65. The summed E-state index contributed by atoms with van der Waals surface area (Å²) < 4.78 is 5.19. The summed E-state index contributed by atoms with van der Waals surface area (Å²) in [4.78, 5) is 16.2. The molecule has 0 atom stereocenters. The molecule has 110 valence electrons. The maximum Gasteiger partial charge on any atom is 0.363 e. The Bertz CT molecular complexity index is 808. The van der Waals surface area contributed by atoms with Gasteiger partial charge in [0.2, 0.25) is 5.90 Å². The van der Waals surface area contributed by atoms with Gasteiger partial charge in [-0.2, -0.15) is 0 Å². The Balaban J connectivity index is 1.96. The maximum absolute atomic E-state index is 11.9. The first kappa shape index (κ1) is 14.8. The molecule has 1 aliphatic heterocycles. The number of carbonyl (C=O) groups excluding carboxylic acids is 1. The van der Waals surface area contributed by atoms with Crippen LogP contribution in [0.3, 0.4) is 0 Å². The number of carbonyl (C=O) groups is 1. The molecule has 22 heavy (non-hydrogen) atoms. The van der Waals surface area contributed by atoms with Crippen LogP contribution in [0.1, 0.15) is 16.7 Å². The molecule has 2 aromatic carbocycles. The minimum absolute atomic E-state index is 0.185. The summed E-state index contributed by atoms with van der Waals surface area (Å²) in [6.45, 7) is 2.00. The molecular formula is C17H11Cl2NO2. The normalized spacial score (nSPS) is 15.9. The average molecular weight is 332 g/mol. The molecule has 0 spiro atoms. The largest absolute Gasteiger partial charge is 0.402 e. The van der Waals surface area contributed by atoms with E-state index in [1.807, 2.05) is 31.2 Å². The summed E-state index contributed by atoms with van der Waals surface area (Å²) in [6.07, 6.45) is 1.68. The van der Waals surface area contributed by atoms with E-state index in [-0.39, 0.29) is 11.6 Å². The van der Waals surface area contributed by atoms with Crippen molar-refractivity contribution in [3.63, 3.8) is 0 Å². The lowest BCUT2D eigenvalue weighted by Crippen LogP contribution is -2.05. The molecule has 0 radical (unpaired) electrons. The van der Waals surface area contributed by atoms with Gasteiger partial charge in [-0.3, -0.25) is 0 Å². The average Bonchev–Trinajstić information content (AvgIpc) is 2.82. The van der Waals surface area contributed by atoms with E-state index in [0.29, 0.717) is 15.6 Å². The zero-order valence-electron chi connectivity index (χ0n) is 11.6. The van der Waals surface area contributed by atoms with Crippen molar-refractivity contribution >= 4 is 41.1 Å². The minimum atomic E-state index is -0.499. The first-order valence-corrected chi connectivity index (χ1v) is 7.33. The van der Waals surface area contributed by atoms with Gasteiger partial charge in [-0.05, 0) is 36.8 Å². The van der Waals surface area contributed by atoms with Crippen molar-refractivity contribution in [1.29, 1.82) is 0 Å². The van der Waals surface area contributed by atoms with E-state index in [0.717, 1.165) is 11.1 Å². The molecule has 0 saturated carbocycles. The van der Waals surface area contributed by atoms with Crippen molar-refractivity contribution in [3.05, 3.63) is 74.9 Å². The number of esters is 1. The van der Waals surface area contributed by atoms with E-state index in [9.17, 15) is 4.79 Å². The summed E-state index contributed by atoms with van der Waals surface area (Å²) in [5.74, 6) is -0.313. The number of aliphatic imine (C=N–C) groups is 1. The van der Waals surface area contributed by atoms with E-state index >= 15 is 0 Å². The van der Waals surface area contributed by atoms with Crippen LogP contribution >= 0.6 is 23.2 Å². The topological polar surface area (TPSA) is 38.7 Å². The Morgan fingerprint density at radius 2 is 1.82 bits per heavy atom. The van der Waals surface area contributed by atoms with Crippen molar-refractivity contribution in [2.75, 3.05) is 0 Å². The zero-order chi connectivity index (χ0) is 15.7. The van der Waals surface area contributed by atoms with E-state index in [1.54, 1.807) is 24.3 Å². The van der Waals surface area contributed by atoms with Crippen LogP contribution in [0.25, 0.3) is 6.08 Å². The van der Waals surface area contributed by atoms with Crippen LogP contribution in [0, 0.1) is 6.92 Å². The maximum atomic E-state index is 11.9. The van der Waals surface area contributed by atoms with Gasteiger partial charge in [0.05, 0.1) is 10.6 Å². The number of nitrogens with zero attached hydrogens (tertiary/aromatic N) is 1. The van der Waals surface area contributed by atoms with Crippen molar-refractivity contribution < 1.29 is 9.53 Å². The molecule has 0 aliphatic carbocycles. The molecule has 5 heteroatoms. The molecule has 3 rings (SSSR count). The molecule has 1 heterocycles. The highest BCUT2D eigenvalue weighted by Gasteiger charge is 2.25. The Morgan fingerprint density at radius 1 is 1.09 bits per heavy atom. The van der Waals surface area contributed by atoms with Crippen LogP contribution in [0.2, 0.25) is 10.0 Å². The molecule has 1 aliphatic rings. The second-order valence-corrected chi connectivity index (χ2v) is 5.71. The van der Waals surface area contributed by atoms with Crippen molar-refractivity contribution in [2.24, 2.45) is 4.99 Å². The fraction of sp³-hybridized carbons (Fsp3) is 0.0588. The number of benzene rings is 2. The summed E-state index contributed by atoms with van der Waals surface area (Å²) in [5, 5.41) is 0.893. The molecule has 0 amide bonds. The number of ether oxygens (including phenoxy) is 1. The number of cyclic esters (lactones) is 1. The van der Waals surface area contributed by atoms with Gasteiger partial charge in [0, 0.05) is 5.02 Å². The molecular weight excluding hydrogens is 321 g/mol. The van der Waals surface area contributed by atoms with Crippen molar-refractivity contribution in [3.8, 4) is 0 Å². The van der Waals surface area contributed by atoms with Crippen LogP contribution in [0.4, 0.5) is 0 Å². The number of rotatable bonds is 2. The third kappa shape index (κ3) is 3.06. The number of hydrogen-bond acceptors (Lipinski definition) is 3. The SMILES string of the molecule is Cc1ccc(/C=C2/N=C(c3ccc(Cl)cc3Cl)OC2=O)cc1. The summed E-state index contributed by atoms with van der Waals surface area (Å²) >= 11 is 12.0. The summed E-state index contributed by atoms with van der Waals surface area (Å²) in [6, 6.07) is 12.7. The highest BCUT2D eigenvalue weighted by atomic mass is 35.5. The highest BCUT2D eigenvalue weighted by molar-refractivity contribution is 6.37. The van der Waals surface area contributed by atoms with Gasteiger partial charge in [0.15, 0.2) is 5.70 Å². The predicted molar refractivity (Wildman–Crippen MR) is 88.2 cm³/mol. The van der Waals surface area contributed by atoms with Crippen LogP contribution in [0.5, 0.6) is 0 Å². The van der Waals surface area contributed by atoms with Gasteiger partial charge in [0.1, 0.15) is 0 Å². The third-order valence-corrected chi connectivity index (χ3v) is 3.71. The molecule has 0 saturated heterocycles. The molecule has 0 N–H and O–H groups in total. The highest BCUT2D eigenvalue weighted by Crippen LogP contribution is 2.26. The molecule has 2 aromatic rings. The van der Waals surface area contributed by atoms with Gasteiger partial charge >= 0.3 is 5.97 Å². The van der Waals surface area contributed by atoms with E-state index in [4.69, 9.17) is 27.9 Å². The van der Waals surface area contributed by atoms with Gasteiger partial charge < -0.3 is 4.74 Å².